The molecule has 0 unspecified atom stereocenters. The monoisotopic (exact) mass is 250 g/mol. The lowest BCUT2D eigenvalue weighted by atomic mass is 10.1. The van der Waals surface area contributed by atoms with Crippen LogP contribution in [0.25, 0.3) is 4.85 Å². The van der Waals surface area contributed by atoms with Gasteiger partial charge in [0.1, 0.15) is 11.5 Å². The van der Waals surface area contributed by atoms with Crippen LogP contribution in [0.1, 0.15) is 13.8 Å². The van der Waals surface area contributed by atoms with Crippen LogP contribution >= 0.6 is 0 Å². The van der Waals surface area contributed by atoms with Crippen molar-refractivity contribution in [2.24, 2.45) is 0 Å². The van der Waals surface area contributed by atoms with Gasteiger partial charge in [0.25, 0.3) is 13.1 Å². The summed E-state index contributed by atoms with van der Waals surface area (Å²) in [5.41, 5.74) is -0.780. The molecule has 0 saturated heterocycles. The summed E-state index contributed by atoms with van der Waals surface area (Å²) < 4.78 is 32.1. The normalized spacial score (nSPS) is 11.9. The average molecular weight is 250 g/mol. The number of rotatable bonds is 6. The molecule has 0 amide bonds. The van der Waals surface area contributed by atoms with Crippen molar-refractivity contribution in [2.75, 3.05) is 25.3 Å². The van der Waals surface area contributed by atoms with E-state index in [1.807, 2.05) is 0 Å². The summed E-state index contributed by atoms with van der Waals surface area (Å²) in [4.78, 5) is 14.2. The number of carbonyl (C=O) groups is 1. The lowest BCUT2D eigenvalue weighted by molar-refractivity contribution is -0.137. The second-order valence-corrected chi connectivity index (χ2v) is 5.84. The first-order chi connectivity index (χ1) is 7.22. The smallest absolute Gasteiger partial charge is 0.320 e. The third kappa shape index (κ3) is 6.37. The zero-order valence-electron chi connectivity index (χ0n) is 9.60. The van der Waals surface area contributed by atoms with Crippen molar-refractivity contribution in [1.29, 1.82) is 0 Å². The molecular formula is C9H16NO5S+. The van der Waals surface area contributed by atoms with Gasteiger partial charge in [-0.3, -0.25) is 4.79 Å². The van der Waals surface area contributed by atoms with Crippen molar-refractivity contribution in [3.05, 3.63) is 4.85 Å². The number of sulfone groups is 1. The molecule has 0 aliphatic carbocycles. The van der Waals surface area contributed by atoms with Crippen molar-refractivity contribution in [2.45, 2.75) is 19.4 Å². The minimum atomic E-state index is -3.62. The molecule has 16 heavy (non-hydrogen) atoms. The highest BCUT2D eigenvalue weighted by molar-refractivity contribution is 7.91. The van der Waals surface area contributed by atoms with E-state index >= 15 is 0 Å². The van der Waals surface area contributed by atoms with Crippen LogP contribution in [0.3, 0.4) is 0 Å². The topological polar surface area (TPSA) is 74.0 Å². The Hall–Kier alpha value is -1.13. The van der Waals surface area contributed by atoms with Gasteiger partial charge in [0, 0.05) is 0 Å². The van der Waals surface area contributed by atoms with Crippen LogP contribution in [0.15, 0.2) is 0 Å². The fraction of sp³-hybridized carbons (Fsp3) is 0.778. The molecule has 0 aromatic rings. The van der Waals surface area contributed by atoms with E-state index in [0.717, 1.165) is 7.11 Å². The molecule has 6 nitrogen and oxygen atoms in total. The molecule has 0 atom stereocenters. The molecule has 0 N–H and O–H groups in total. The predicted molar refractivity (Wildman–Crippen MR) is 59.0 cm³/mol. The number of hydrogen-bond donors (Lipinski definition) is 0. The first-order valence-corrected chi connectivity index (χ1v) is 6.32. The highest BCUT2D eigenvalue weighted by Gasteiger charge is 2.28. The number of hydrogen-bond acceptors (Lipinski definition) is 5. The molecule has 0 aromatic carbocycles. The Kier molecular flexibility index (Phi) is 5.41. The Morgan fingerprint density at radius 2 is 2.00 bits per heavy atom. The number of ether oxygens (including phenoxy) is 2. The molecule has 0 rings (SSSR count). The van der Waals surface area contributed by atoms with Gasteiger partial charge in [-0.2, -0.15) is 0 Å². The van der Waals surface area contributed by atoms with Crippen molar-refractivity contribution in [3.63, 3.8) is 0 Å². The van der Waals surface area contributed by atoms with Gasteiger partial charge in [-0.1, -0.05) is 4.85 Å². The maximum Gasteiger partial charge on any atom is 0.320 e. The van der Waals surface area contributed by atoms with E-state index < -0.39 is 33.1 Å². The largest absolute Gasteiger partial charge is 0.468 e. The van der Waals surface area contributed by atoms with Gasteiger partial charge < -0.3 is 9.47 Å². The molecule has 0 aliphatic heterocycles. The van der Waals surface area contributed by atoms with Crippen LogP contribution < -0.4 is 0 Å². The molecule has 92 valence electrons. The standard InChI is InChI=1S/C9H16NO5S/c1-9(2,6-10-3)15-7-16(12,13)5-8(11)14-4/h3H,5-7H2,1-2,4H3/q+1. The van der Waals surface area contributed by atoms with Crippen LogP contribution in [0.5, 0.6) is 0 Å². The fourth-order valence-electron chi connectivity index (χ4n) is 0.795. The van der Waals surface area contributed by atoms with Crippen LogP contribution in [-0.4, -0.2) is 45.3 Å². The van der Waals surface area contributed by atoms with Gasteiger partial charge in [0.2, 0.25) is 0 Å². The third-order valence-corrected chi connectivity index (χ3v) is 2.82. The molecule has 0 spiro atoms. The van der Waals surface area contributed by atoms with Gasteiger partial charge in [-0.05, 0) is 13.8 Å². The van der Waals surface area contributed by atoms with Crippen LogP contribution in [0.2, 0.25) is 0 Å². The highest BCUT2D eigenvalue weighted by Crippen LogP contribution is 2.11. The Bertz CT molecular complexity index is 379. The SMILES string of the molecule is C#[N+]CC(C)(C)OCS(=O)(=O)CC(=O)OC. The summed E-state index contributed by atoms with van der Waals surface area (Å²) in [5, 5.41) is 0. The lowest BCUT2D eigenvalue weighted by Gasteiger charge is -2.17. The second-order valence-electron chi connectivity index (χ2n) is 3.83. The summed E-state index contributed by atoms with van der Waals surface area (Å²) in [5.74, 6) is -2.07. The minimum Gasteiger partial charge on any atom is -0.468 e. The molecule has 0 fully saturated rings. The van der Waals surface area contributed by atoms with Gasteiger partial charge >= 0.3 is 5.97 Å². The summed E-state index contributed by atoms with van der Waals surface area (Å²) in [6.45, 7) is 8.44. The van der Waals surface area contributed by atoms with Crippen molar-refractivity contribution in [1.82, 2.24) is 0 Å². The summed E-state index contributed by atoms with van der Waals surface area (Å²) in [6.07, 6.45) is 0. The van der Waals surface area contributed by atoms with Gasteiger partial charge in [0.05, 0.1) is 7.11 Å². The number of esters is 1. The Morgan fingerprint density at radius 1 is 1.44 bits per heavy atom. The molecule has 0 aliphatic rings. The molecular weight excluding hydrogens is 234 g/mol. The van der Waals surface area contributed by atoms with E-state index in [0.29, 0.717) is 0 Å². The van der Waals surface area contributed by atoms with Gasteiger partial charge in [-0.25, -0.2) is 8.42 Å². The Balaban J connectivity index is 4.30. The Labute approximate surface area is 95.3 Å². The van der Waals surface area contributed by atoms with Gasteiger partial charge in [-0.15, -0.1) is 0 Å². The van der Waals surface area contributed by atoms with E-state index in [-0.39, 0.29) is 6.54 Å². The minimum absolute atomic E-state index is 0.167. The fourth-order valence-corrected chi connectivity index (χ4v) is 1.85. The van der Waals surface area contributed by atoms with E-state index in [1.54, 1.807) is 13.8 Å². The van der Waals surface area contributed by atoms with E-state index in [4.69, 9.17) is 11.3 Å². The maximum atomic E-state index is 11.4. The van der Waals surface area contributed by atoms with Gasteiger partial charge in [0.15, 0.2) is 15.6 Å². The quantitative estimate of drug-likeness (QED) is 0.633. The number of nitrogens with zero attached hydrogens (tertiary/aromatic N) is 1. The third-order valence-electron chi connectivity index (χ3n) is 1.67. The predicted octanol–water partition coefficient (Wildman–Crippen LogP) is 0.290. The summed E-state index contributed by atoms with van der Waals surface area (Å²) >= 11 is 0. The molecule has 0 radical (unpaired) electrons. The zero-order valence-corrected chi connectivity index (χ0v) is 10.4. The van der Waals surface area contributed by atoms with E-state index in [2.05, 4.69) is 9.58 Å². The molecule has 0 heterocycles. The second kappa shape index (κ2) is 5.82. The average Bonchev–Trinajstić information content (AvgIpc) is 2.14. The molecule has 0 saturated carbocycles. The highest BCUT2D eigenvalue weighted by atomic mass is 32.2. The lowest BCUT2D eigenvalue weighted by Crippen LogP contribution is -2.32. The van der Waals surface area contributed by atoms with Crippen molar-refractivity contribution < 1.29 is 22.7 Å². The van der Waals surface area contributed by atoms with E-state index in [1.165, 1.54) is 0 Å². The van der Waals surface area contributed by atoms with Crippen LogP contribution in [0, 0.1) is 6.57 Å². The zero-order chi connectivity index (χ0) is 12.8. The van der Waals surface area contributed by atoms with Crippen LogP contribution in [0.4, 0.5) is 0 Å². The first-order valence-electron chi connectivity index (χ1n) is 4.50. The van der Waals surface area contributed by atoms with Crippen molar-refractivity contribution >= 4 is 15.8 Å². The summed E-state index contributed by atoms with van der Waals surface area (Å²) in [6, 6.07) is 0. The van der Waals surface area contributed by atoms with Crippen LogP contribution in [-0.2, 0) is 24.1 Å². The molecule has 0 bridgehead atoms. The van der Waals surface area contributed by atoms with Crippen molar-refractivity contribution in [3.8, 4) is 6.57 Å². The van der Waals surface area contributed by atoms with E-state index in [9.17, 15) is 13.2 Å². The first kappa shape index (κ1) is 14.9. The molecule has 7 heteroatoms. The maximum absolute atomic E-state index is 11.4. The Morgan fingerprint density at radius 3 is 2.44 bits per heavy atom. The number of methoxy groups -OCH3 is 1. The number of carbonyl (C=O) groups excluding carboxylic acids is 1. The summed E-state index contributed by atoms with van der Waals surface area (Å²) in [7, 11) is -2.50. The molecule has 0 aromatic heterocycles.